The summed E-state index contributed by atoms with van der Waals surface area (Å²) in [6, 6.07) is 11.9. The van der Waals surface area contributed by atoms with E-state index < -0.39 is 24.0 Å². The predicted molar refractivity (Wildman–Crippen MR) is 156 cm³/mol. The first kappa shape index (κ1) is 32.0. The second kappa shape index (κ2) is 16.0. The molecule has 2 aromatic rings. The van der Waals surface area contributed by atoms with E-state index in [1.165, 1.54) is 18.2 Å². The van der Waals surface area contributed by atoms with Gasteiger partial charge < -0.3 is 26.4 Å². The molecule has 5 N–H and O–H groups in total. The molecule has 2 amide bonds. The lowest BCUT2D eigenvalue weighted by atomic mass is 10.0. The third-order valence-corrected chi connectivity index (χ3v) is 6.55. The van der Waals surface area contributed by atoms with Crippen molar-refractivity contribution in [2.45, 2.75) is 72.4 Å². The molecule has 0 fully saturated rings. The van der Waals surface area contributed by atoms with E-state index in [-0.39, 0.29) is 22.6 Å². The topological polar surface area (TPSA) is 128 Å². The van der Waals surface area contributed by atoms with Gasteiger partial charge in [0.05, 0.1) is 5.56 Å². The summed E-state index contributed by atoms with van der Waals surface area (Å²) < 4.78 is 5.92. The monoisotopic (exact) mass is 538 g/mol. The van der Waals surface area contributed by atoms with Crippen molar-refractivity contribution in [3.8, 4) is 0 Å². The number of nitrogens with two attached hydrogens (primary N) is 2. The van der Waals surface area contributed by atoms with Crippen molar-refractivity contribution in [3.05, 3.63) is 70.3 Å². The number of nitrogens with one attached hydrogen (secondary N) is 1. The van der Waals surface area contributed by atoms with Crippen molar-refractivity contribution in [3.63, 3.8) is 0 Å². The quantitative estimate of drug-likeness (QED) is 0.218. The summed E-state index contributed by atoms with van der Waals surface area (Å²) in [5, 5.41) is 3.36. The van der Waals surface area contributed by atoms with Crippen LogP contribution in [0.4, 0.5) is 0 Å². The molecule has 2 aromatic carbocycles. The van der Waals surface area contributed by atoms with Crippen LogP contribution in [0.1, 0.15) is 89.2 Å². The average Bonchev–Trinajstić information content (AvgIpc) is 2.90. The van der Waals surface area contributed by atoms with Crippen molar-refractivity contribution in [2.24, 2.45) is 17.4 Å². The van der Waals surface area contributed by atoms with Crippen molar-refractivity contribution >= 4 is 17.8 Å². The molecule has 2 atom stereocenters. The Bertz CT molecular complexity index is 1080. The van der Waals surface area contributed by atoms with Crippen LogP contribution in [0, 0.1) is 12.8 Å². The molecule has 0 aromatic heterocycles. The Morgan fingerprint density at radius 1 is 0.949 bits per heavy atom. The van der Waals surface area contributed by atoms with Crippen LogP contribution in [0.2, 0.25) is 0 Å². The number of amides is 2. The first-order valence-corrected chi connectivity index (χ1v) is 14.0. The number of esters is 1. The maximum Gasteiger partial charge on any atom is 0.338 e. The van der Waals surface area contributed by atoms with Crippen LogP contribution >= 0.6 is 0 Å². The molecule has 0 radical (unpaired) electrons. The molecule has 0 bridgehead atoms. The largest absolute Gasteiger partial charge is 0.456 e. The maximum absolute atomic E-state index is 13.4. The van der Waals surface area contributed by atoms with Crippen molar-refractivity contribution < 1.29 is 19.1 Å². The molecule has 214 valence electrons. The molecule has 0 aliphatic rings. The normalized spacial score (nSPS) is 12.7. The van der Waals surface area contributed by atoms with Gasteiger partial charge in [0.25, 0.3) is 5.91 Å². The van der Waals surface area contributed by atoms with Gasteiger partial charge in [0.1, 0.15) is 6.10 Å². The summed E-state index contributed by atoms with van der Waals surface area (Å²) in [4.78, 5) is 40.4. The van der Waals surface area contributed by atoms with Gasteiger partial charge in [0.2, 0.25) is 5.91 Å². The number of primary amides is 1. The fraction of sp³-hybridized carbons (Fsp3) is 0.516. The van der Waals surface area contributed by atoms with Gasteiger partial charge in [-0.1, -0.05) is 57.5 Å². The molecule has 0 saturated carbocycles. The van der Waals surface area contributed by atoms with Crippen molar-refractivity contribution in [1.82, 2.24) is 10.2 Å². The Kier molecular flexibility index (Phi) is 13.1. The Hall–Kier alpha value is -3.23. The third kappa shape index (κ3) is 10.5. The highest BCUT2D eigenvalue weighted by molar-refractivity contribution is 6.03. The zero-order valence-corrected chi connectivity index (χ0v) is 24.2. The Balaban J connectivity index is 2.31. The molecule has 0 aliphatic heterocycles. The van der Waals surface area contributed by atoms with Crippen molar-refractivity contribution in [2.75, 3.05) is 26.2 Å². The lowest BCUT2D eigenvalue weighted by Crippen LogP contribution is -2.46. The standard InChI is InChI=1S/C31H46N4O4/c1-6-14-35(15-7-2)30(37)25-17-24(29(33)36)18-26(19-25)31(38)39-28(20-34-13-12-21(3)4)27(32)16-23-10-8-22(5)9-11-23/h8-11,17-19,21,27-28,34H,6-7,12-16,20,32H2,1-5H3,(H2,33,36)/t27-,28+/m0/s1. The number of hydrogen-bond acceptors (Lipinski definition) is 6. The number of ether oxygens (including phenoxy) is 1. The number of aryl methyl sites for hydroxylation is 1. The molecular formula is C31H46N4O4. The Morgan fingerprint density at radius 3 is 2.10 bits per heavy atom. The van der Waals surface area contributed by atoms with E-state index in [0.29, 0.717) is 32.0 Å². The molecule has 39 heavy (non-hydrogen) atoms. The minimum atomic E-state index is -0.723. The van der Waals surface area contributed by atoms with Crippen LogP contribution in [-0.2, 0) is 11.2 Å². The van der Waals surface area contributed by atoms with Crippen molar-refractivity contribution in [1.29, 1.82) is 0 Å². The minimum Gasteiger partial charge on any atom is -0.456 e. The number of hydrogen-bond donors (Lipinski definition) is 3. The van der Waals surface area contributed by atoms with Crippen LogP contribution in [0.3, 0.4) is 0 Å². The summed E-state index contributed by atoms with van der Waals surface area (Å²) >= 11 is 0. The van der Waals surface area contributed by atoms with E-state index >= 15 is 0 Å². The molecular weight excluding hydrogens is 492 g/mol. The lowest BCUT2D eigenvalue weighted by molar-refractivity contribution is 0.0238. The number of carbonyl (C=O) groups excluding carboxylic acids is 3. The fourth-order valence-corrected chi connectivity index (χ4v) is 4.30. The highest BCUT2D eigenvalue weighted by atomic mass is 16.5. The second-order valence-corrected chi connectivity index (χ2v) is 10.6. The molecule has 2 rings (SSSR count). The van der Waals surface area contributed by atoms with E-state index in [4.69, 9.17) is 16.2 Å². The Labute approximate surface area is 233 Å². The molecule has 0 saturated heterocycles. The minimum absolute atomic E-state index is 0.0799. The number of nitrogens with zero attached hydrogens (tertiary/aromatic N) is 1. The summed E-state index contributed by atoms with van der Waals surface area (Å²) in [5.41, 5.74) is 14.7. The maximum atomic E-state index is 13.4. The van der Waals surface area contributed by atoms with Crippen LogP contribution in [0.15, 0.2) is 42.5 Å². The molecule has 8 nitrogen and oxygen atoms in total. The molecule has 0 spiro atoms. The average molecular weight is 539 g/mol. The van der Waals surface area contributed by atoms with Crippen LogP contribution < -0.4 is 16.8 Å². The number of rotatable bonds is 16. The van der Waals surface area contributed by atoms with Gasteiger partial charge in [-0.05, 0) is 68.8 Å². The highest BCUT2D eigenvalue weighted by Crippen LogP contribution is 2.17. The second-order valence-electron chi connectivity index (χ2n) is 10.6. The van der Waals surface area contributed by atoms with Crippen LogP contribution in [0.5, 0.6) is 0 Å². The first-order valence-electron chi connectivity index (χ1n) is 14.0. The third-order valence-electron chi connectivity index (χ3n) is 6.55. The fourth-order valence-electron chi connectivity index (χ4n) is 4.30. The Morgan fingerprint density at radius 2 is 1.54 bits per heavy atom. The van der Waals surface area contributed by atoms with E-state index in [0.717, 1.165) is 36.9 Å². The van der Waals surface area contributed by atoms with Gasteiger partial charge in [0.15, 0.2) is 0 Å². The van der Waals surface area contributed by atoms with Gasteiger partial charge in [-0.15, -0.1) is 0 Å². The predicted octanol–water partition coefficient (Wildman–Crippen LogP) is 4.09. The zero-order valence-electron chi connectivity index (χ0n) is 24.2. The van der Waals surface area contributed by atoms with E-state index in [1.807, 2.05) is 45.0 Å². The lowest BCUT2D eigenvalue weighted by Gasteiger charge is -2.25. The molecule has 0 aliphatic carbocycles. The summed E-state index contributed by atoms with van der Waals surface area (Å²) in [6.07, 6.45) is 2.46. The summed E-state index contributed by atoms with van der Waals surface area (Å²) in [7, 11) is 0. The highest BCUT2D eigenvalue weighted by Gasteiger charge is 2.25. The van der Waals surface area contributed by atoms with E-state index in [1.54, 1.807) is 4.90 Å². The number of carbonyl (C=O) groups is 3. The number of benzene rings is 2. The van der Waals surface area contributed by atoms with E-state index in [9.17, 15) is 14.4 Å². The van der Waals surface area contributed by atoms with Crippen LogP contribution in [-0.4, -0.2) is 61.0 Å². The summed E-state index contributed by atoms with van der Waals surface area (Å²) in [6.45, 7) is 12.6. The van der Waals surface area contributed by atoms with Gasteiger partial charge in [0, 0.05) is 36.8 Å². The van der Waals surface area contributed by atoms with Crippen LogP contribution in [0.25, 0.3) is 0 Å². The molecule has 0 heterocycles. The van der Waals surface area contributed by atoms with Gasteiger partial charge >= 0.3 is 5.97 Å². The molecule has 0 unspecified atom stereocenters. The molecule has 8 heteroatoms. The zero-order chi connectivity index (χ0) is 28.9. The summed E-state index contributed by atoms with van der Waals surface area (Å²) in [5.74, 6) is -1.09. The SMILES string of the molecule is CCCN(CCC)C(=O)c1cc(C(N)=O)cc(C(=O)O[C@H](CNCCC(C)C)[C@@H](N)Cc2ccc(C)cc2)c1. The van der Waals surface area contributed by atoms with E-state index in [2.05, 4.69) is 19.2 Å². The van der Waals surface area contributed by atoms with Gasteiger partial charge in [-0.3, -0.25) is 9.59 Å². The first-order chi connectivity index (χ1) is 18.5. The van der Waals surface area contributed by atoms with Gasteiger partial charge in [-0.2, -0.15) is 0 Å². The van der Waals surface area contributed by atoms with Gasteiger partial charge in [-0.25, -0.2) is 4.79 Å². The smallest absolute Gasteiger partial charge is 0.338 e.